The standard InChI is InChI=1S/C24H30BFN2O3Si/c1-17-24(2,3)31-25(30-17)18-13-20-21(19-9-7-8-10-22(19)26)15-28(23(20)27-14-18)16-29-11-12-32(4,5)6/h7-10,13-15H,1,11-12,16H2,2-6H3. The van der Waals surface area contributed by atoms with Gasteiger partial charge in [-0.15, -0.1) is 0 Å². The van der Waals surface area contributed by atoms with Gasteiger partial charge in [-0.25, -0.2) is 9.37 Å². The van der Waals surface area contributed by atoms with E-state index in [4.69, 9.17) is 14.0 Å². The minimum atomic E-state index is -1.18. The highest BCUT2D eigenvalue weighted by molar-refractivity contribution is 6.76. The molecule has 0 unspecified atom stereocenters. The molecule has 32 heavy (non-hydrogen) atoms. The monoisotopic (exact) mass is 452 g/mol. The van der Waals surface area contributed by atoms with Crippen molar-refractivity contribution in [2.24, 2.45) is 0 Å². The Hall–Kier alpha value is -2.42. The van der Waals surface area contributed by atoms with Gasteiger partial charge in [0.15, 0.2) is 0 Å². The summed E-state index contributed by atoms with van der Waals surface area (Å²) >= 11 is 0. The van der Waals surface area contributed by atoms with Gasteiger partial charge in [0.05, 0.1) is 5.76 Å². The highest BCUT2D eigenvalue weighted by Crippen LogP contribution is 2.33. The van der Waals surface area contributed by atoms with E-state index in [1.54, 1.807) is 18.3 Å². The molecule has 1 aromatic carbocycles. The Morgan fingerprint density at radius 1 is 1.22 bits per heavy atom. The van der Waals surface area contributed by atoms with Crippen LogP contribution < -0.4 is 5.46 Å². The number of ether oxygens (including phenoxy) is 1. The first kappa shape index (κ1) is 22.8. The summed E-state index contributed by atoms with van der Waals surface area (Å²) in [5.74, 6) is 0.296. The smallest absolute Gasteiger partial charge is 0.534 e. The van der Waals surface area contributed by atoms with Crippen LogP contribution in [0.15, 0.2) is 55.1 Å². The van der Waals surface area contributed by atoms with Gasteiger partial charge in [0.25, 0.3) is 0 Å². The van der Waals surface area contributed by atoms with Gasteiger partial charge in [-0.05, 0) is 32.0 Å². The lowest BCUT2D eigenvalue weighted by molar-refractivity contribution is 0.0899. The molecule has 0 radical (unpaired) electrons. The number of nitrogens with zero attached hydrogens (tertiary/aromatic N) is 2. The van der Waals surface area contributed by atoms with Crippen molar-refractivity contribution in [1.82, 2.24) is 9.55 Å². The number of aromatic nitrogens is 2. The first-order valence-corrected chi connectivity index (χ1v) is 14.6. The number of hydrogen-bond donors (Lipinski definition) is 0. The van der Waals surface area contributed by atoms with Crippen molar-refractivity contribution in [1.29, 1.82) is 0 Å². The molecule has 1 fully saturated rings. The lowest BCUT2D eigenvalue weighted by Gasteiger charge is -2.15. The van der Waals surface area contributed by atoms with Crippen molar-refractivity contribution in [2.45, 2.75) is 51.9 Å². The van der Waals surface area contributed by atoms with Gasteiger partial charge in [0.1, 0.15) is 23.8 Å². The van der Waals surface area contributed by atoms with Crippen LogP contribution in [-0.4, -0.2) is 37.0 Å². The molecule has 0 saturated carbocycles. The Morgan fingerprint density at radius 2 is 1.97 bits per heavy atom. The lowest BCUT2D eigenvalue weighted by Crippen LogP contribution is -2.34. The highest BCUT2D eigenvalue weighted by atomic mass is 28.3. The number of fused-ring (bicyclic) bond motifs is 1. The Bertz CT molecular complexity index is 1160. The summed E-state index contributed by atoms with van der Waals surface area (Å²) in [7, 11) is -1.78. The second kappa shape index (κ2) is 8.50. The van der Waals surface area contributed by atoms with E-state index in [1.807, 2.05) is 36.7 Å². The van der Waals surface area contributed by atoms with E-state index in [9.17, 15) is 4.39 Å². The quantitative estimate of drug-likeness (QED) is 0.366. The molecule has 4 rings (SSSR count). The molecular formula is C24H30BFN2O3Si. The topological polar surface area (TPSA) is 45.5 Å². The molecule has 0 amide bonds. The summed E-state index contributed by atoms with van der Waals surface area (Å²) in [5, 5.41) is 0.823. The molecule has 168 valence electrons. The van der Waals surface area contributed by atoms with Crippen LogP contribution in [0.5, 0.6) is 0 Å². The van der Waals surface area contributed by atoms with Crippen LogP contribution in [-0.2, 0) is 20.8 Å². The molecule has 1 aliphatic rings. The van der Waals surface area contributed by atoms with Crippen LogP contribution in [0.4, 0.5) is 4.39 Å². The molecule has 1 saturated heterocycles. The van der Waals surface area contributed by atoms with Crippen molar-refractivity contribution < 1.29 is 18.4 Å². The van der Waals surface area contributed by atoms with E-state index in [1.165, 1.54) is 6.07 Å². The number of hydrogen-bond acceptors (Lipinski definition) is 4. The first-order valence-electron chi connectivity index (χ1n) is 10.9. The van der Waals surface area contributed by atoms with Crippen LogP contribution in [0, 0.1) is 5.82 Å². The summed E-state index contributed by atoms with van der Waals surface area (Å²) in [6, 6.07) is 9.81. The van der Waals surface area contributed by atoms with Crippen molar-refractivity contribution >= 4 is 31.7 Å². The molecule has 0 aliphatic carbocycles. The van der Waals surface area contributed by atoms with Crippen molar-refractivity contribution in [3.05, 3.63) is 60.9 Å². The molecule has 2 aromatic heterocycles. The average molecular weight is 452 g/mol. The second-order valence-corrected chi connectivity index (χ2v) is 15.6. The van der Waals surface area contributed by atoms with Gasteiger partial charge >= 0.3 is 7.12 Å². The largest absolute Gasteiger partial charge is 0.564 e. The van der Waals surface area contributed by atoms with E-state index < -0.39 is 20.8 Å². The van der Waals surface area contributed by atoms with Crippen LogP contribution in [0.2, 0.25) is 25.7 Å². The van der Waals surface area contributed by atoms with Crippen LogP contribution in [0.25, 0.3) is 22.2 Å². The van der Waals surface area contributed by atoms with Gasteiger partial charge in [0, 0.05) is 49.1 Å². The van der Waals surface area contributed by atoms with Gasteiger partial charge < -0.3 is 18.6 Å². The fraction of sp³-hybridized carbons (Fsp3) is 0.375. The minimum absolute atomic E-state index is 0.278. The normalized spacial score (nSPS) is 16.1. The predicted molar refractivity (Wildman–Crippen MR) is 130 cm³/mol. The van der Waals surface area contributed by atoms with Crippen LogP contribution in [0.3, 0.4) is 0 Å². The van der Waals surface area contributed by atoms with Gasteiger partial charge in [-0.1, -0.05) is 44.4 Å². The first-order chi connectivity index (χ1) is 15.0. The molecule has 5 nitrogen and oxygen atoms in total. The van der Waals surface area contributed by atoms with Crippen molar-refractivity contribution in [3.63, 3.8) is 0 Å². The van der Waals surface area contributed by atoms with E-state index in [-0.39, 0.29) is 5.82 Å². The molecule has 1 aliphatic heterocycles. The Morgan fingerprint density at radius 3 is 2.62 bits per heavy atom. The van der Waals surface area contributed by atoms with Gasteiger partial charge in [-0.2, -0.15) is 0 Å². The molecule has 3 heterocycles. The van der Waals surface area contributed by atoms with Crippen LogP contribution >= 0.6 is 0 Å². The fourth-order valence-corrected chi connectivity index (χ4v) is 4.37. The zero-order chi connectivity index (χ0) is 23.1. The van der Waals surface area contributed by atoms with Crippen LogP contribution in [0.1, 0.15) is 13.8 Å². The zero-order valence-corrected chi connectivity index (χ0v) is 20.4. The predicted octanol–water partition coefficient (Wildman–Crippen LogP) is 5.19. The fourth-order valence-electron chi connectivity index (χ4n) is 3.61. The van der Waals surface area contributed by atoms with Crippen molar-refractivity contribution in [2.75, 3.05) is 6.61 Å². The third-order valence-corrected chi connectivity index (χ3v) is 7.42. The number of rotatable bonds is 7. The Kier molecular flexibility index (Phi) is 6.05. The summed E-state index contributed by atoms with van der Waals surface area (Å²) in [6.07, 6.45) is 3.65. The molecule has 8 heteroatoms. The third kappa shape index (κ3) is 4.67. The third-order valence-electron chi connectivity index (χ3n) is 5.72. The maximum absolute atomic E-state index is 14.7. The number of halogens is 1. The molecule has 0 spiro atoms. The molecular weight excluding hydrogens is 422 g/mol. The second-order valence-electron chi connectivity index (χ2n) is 9.98. The zero-order valence-electron chi connectivity index (χ0n) is 19.4. The maximum atomic E-state index is 14.7. The lowest BCUT2D eigenvalue weighted by atomic mass is 9.80. The van der Waals surface area contributed by atoms with E-state index >= 15 is 0 Å². The summed E-state index contributed by atoms with van der Waals surface area (Å²) in [5.41, 5.74) is 2.20. The van der Waals surface area contributed by atoms with E-state index in [0.29, 0.717) is 24.7 Å². The summed E-state index contributed by atoms with van der Waals surface area (Å²) < 4.78 is 34.4. The minimum Gasteiger partial charge on any atom is -0.534 e. The maximum Gasteiger partial charge on any atom is 0.564 e. The molecule has 0 atom stereocenters. The van der Waals surface area contributed by atoms with E-state index in [2.05, 4.69) is 31.2 Å². The molecule has 0 N–H and O–H groups in total. The Balaban J connectivity index is 1.71. The Labute approximate surface area is 190 Å². The van der Waals surface area contributed by atoms with Crippen molar-refractivity contribution in [3.8, 4) is 11.1 Å². The van der Waals surface area contributed by atoms with Gasteiger partial charge in [0.2, 0.25) is 0 Å². The summed E-state index contributed by atoms with van der Waals surface area (Å²) in [4.78, 5) is 4.68. The number of benzene rings is 1. The van der Waals surface area contributed by atoms with E-state index in [0.717, 1.165) is 28.1 Å². The van der Waals surface area contributed by atoms with Gasteiger partial charge in [-0.3, -0.25) is 0 Å². The highest BCUT2D eigenvalue weighted by Gasteiger charge is 2.43. The number of pyridine rings is 1. The average Bonchev–Trinajstić information content (AvgIpc) is 3.21. The summed E-state index contributed by atoms with van der Waals surface area (Å²) in [6.45, 7) is 15.8. The molecule has 3 aromatic rings. The molecule has 0 bridgehead atoms. The SMILES string of the molecule is C=C1OB(c2cnc3c(c2)c(-c2ccccc2F)cn3COCC[Si](C)(C)C)OC1(C)C.